The van der Waals surface area contributed by atoms with Gasteiger partial charge in [0, 0.05) is 45.2 Å². The van der Waals surface area contributed by atoms with Crippen molar-refractivity contribution in [3.05, 3.63) is 35.4 Å². The van der Waals surface area contributed by atoms with Crippen LogP contribution in [0.15, 0.2) is 29.3 Å². The van der Waals surface area contributed by atoms with Crippen LogP contribution in [0.5, 0.6) is 0 Å². The number of nitrogens with zero attached hydrogens (tertiary/aromatic N) is 3. The number of halogens is 1. The Morgan fingerprint density at radius 3 is 2.61 bits per heavy atom. The van der Waals surface area contributed by atoms with Gasteiger partial charge in [-0.3, -0.25) is 9.89 Å². The van der Waals surface area contributed by atoms with Crippen molar-refractivity contribution in [3.8, 4) is 0 Å². The molecule has 6 heteroatoms. The predicted octanol–water partition coefficient (Wildman–Crippen LogP) is 3.48. The highest BCUT2D eigenvalue weighted by atomic mass is 127. The highest BCUT2D eigenvalue weighted by molar-refractivity contribution is 14.0. The number of guanidine groups is 1. The summed E-state index contributed by atoms with van der Waals surface area (Å²) >= 11 is 0. The van der Waals surface area contributed by atoms with E-state index in [1.807, 2.05) is 7.05 Å². The Morgan fingerprint density at radius 2 is 1.89 bits per heavy atom. The summed E-state index contributed by atoms with van der Waals surface area (Å²) < 4.78 is 5.67. The molecule has 1 atom stereocenters. The number of likely N-dealkylation sites (tertiary alicyclic amines) is 2. The van der Waals surface area contributed by atoms with Gasteiger partial charge in [-0.1, -0.05) is 30.7 Å². The van der Waals surface area contributed by atoms with Crippen LogP contribution in [0.2, 0.25) is 0 Å². The second-order valence-electron chi connectivity index (χ2n) is 8.48. The zero-order chi connectivity index (χ0) is 18.5. The summed E-state index contributed by atoms with van der Waals surface area (Å²) in [6.45, 7) is 8.38. The van der Waals surface area contributed by atoms with Crippen LogP contribution in [0.4, 0.5) is 0 Å². The van der Waals surface area contributed by atoms with E-state index in [1.165, 1.54) is 56.3 Å². The van der Waals surface area contributed by atoms with Crippen molar-refractivity contribution in [2.24, 2.45) is 10.4 Å². The first-order valence-electron chi connectivity index (χ1n) is 10.6. The van der Waals surface area contributed by atoms with Gasteiger partial charge in [0.15, 0.2) is 5.96 Å². The van der Waals surface area contributed by atoms with E-state index in [-0.39, 0.29) is 24.0 Å². The lowest BCUT2D eigenvalue weighted by atomic mass is 9.87. The predicted molar refractivity (Wildman–Crippen MR) is 125 cm³/mol. The molecule has 0 bridgehead atoms. The van der Waals surface area contributed by atoms with Crippen LogP contribution in [-0.2, 0) is 17.8 Å². The third-order valence-corrected chi connectivity index (χ3v) is 6.53. The minimum Gasteiger partial charge on any atom is -0.381 e. The fourth-order valence-corrected chi connectivity index (χ4v) is 4.84. The van der Waals surface area contributed by atoms with Gasteiger partial charge in [0.2, 0.25) is 0 Å². The van der Waals surface area contributed by atoms with Gasteiger partial charge in [0.05, 0.1) is 6.61 Å². The molecule has 1 spiro atoms. The average molecular weight is 498 g/mol. The van der Waals surface area contributed by atoms with Crippen LogP contribution >= 0.6 is 24.0 Å². The van der Waals surface area contributed by atoms with Crippen molar-refractivity contribution in [2.45, 2.75) is 45.2 Å². The SMILES string of the molecule is CN=C(NCc1ccccc1CN1CCCCC1)N1CCC2(CCOC2)C1.I. The molecule has 1 N–H and O–H groups in total. The molecular weight excluding hydrogens is 463 g/mol. The van der Waals surface area contributed by atoms with Gasteiger partial charge in [0.1, 0.15) is 0 Å². The van der Waals surface area contributed by atoms with Gasteiger partial charge < -0.3 is 15.0 Å². The number of aliphatic imine (C=N–C) groups is 1. The van der Waals surface area contributed by atoms with Crippen LogP contribution in [0, 0.1) is 5.41 Å². The van der Waals surface area contributed by atoms with Gasteiger partial charge in [-0.05, 0) is 49.9 Å². The van der Waals surface area contributed by atoms with Crippen LogP contribution in [0.1, 0.15) is 43.2 Å². The molecule has 5 nitrogen and oxygen atoms in total. The Hall–Kier alpha value is -0.860. The smallest absolute Gasteiger partial charge is 0.193 e. The fourth-order valence-electron chi connectivity index (χ4n) is 4.84. The molecule has 4 rings (SSSR count). The molecular formula is C22H35IN4O. The lowest BCUT2D eigenvalue weighted by Gasteiger charge is -2.28. The zero-order valence-electron chi connectivity index (χ0n) is 17.2. The van der Waals surface area contributed by atoms with Gasteiger partial charge in [-0.25, -0.2) is 0 Å². The van der Waals surface area contributed by atoms with Crippen molar-refractivity contribution < 1.29 is 4.74 Å². The van der Waals surface area contributed by atoms with E-state index in [9.17, 15) is 0 Å². The number of benzene rings is 1. The average Bonchev–Trinajstić information content (AvgIpc) is 3.34. The summed E-state index contributed by atoms with van der Waals surface area (Å²) in [4.78, 5) is 9.58. The summed E-state index contributed by atoms with van der Waals surface area (Å²) in [6, 6.07) is 8.87. The van der Waals surface area contributed by atoms with Gasteiger partial charge >= 0.3 is 0 Å². The lowest BCUT2D eigenvalue weighted by molar-refractivity contribution is 0.156. The quantitative estimate of drug-likeness (QED) is 0.392. The minimum atomic E-state index is 0. The highest BCUT2D eigenvalue weighted by Crippen LogP contribution is 2.38. The first-order valence-corrected chi connectivity index (χ1v) is 10.6. The molecule has 1 aromatic carbocycles. The van der Waals surface area contributed by atoms with Crippen molar-refractivity contribution >= 4 is 29.9 Å². The number of hydrogen-bond acceptors (Lipinski definition) is 3. The molecule has 3 saturated heterocycles. The lowest BCUT2D eigenvalue weighted by Crippen LogP contribution is -2.41. The van der Waals surface area contributed by atoms with Crippen LogP contribution in [-0.4, -0.2) is 62.2 Å². The Kier molecular flexibility index (Phi) is 8.00. The third kappa shape index (κ3) is 5.19. The van der Waals surface area contributed by atoms with Crippen LogP contribution < -0.4 is 5.32 Å². The molecule has 0 aromatic heterocycles. The molecule has 0 amide bonds. The molecule has 3 heterocycles. The van der Waals surface area contributed by atoms with Gasteiger partial charge in [-0.15, -0.1) is 24.0 Å². The number of piperidine rings is 1. The standard InChI is InChI=1S/C22H34N4O.HI/c1-23-21(26-13-9-22(17-26)10-14-27-18-22)24-15-19-7-3-4-8-20(19)16-25-11-5-2-6-12-25;/h3-4,7-8H,2,5-6,9-18H2,1H3,(H,23,24);1H. The Morgan fingerprint density at radius 1 is 1.11 bits per heavy atom. The molecule has 3 fully saturated rings. The largest absolute Gasteiger partial charge is 0.381 e. The van der Waals surface area contributed by atoms with Crippen molar-refractivity contribution in [3.63, 3.8) is 0 Å². The number of rotatable bonds is 4. The molecule has 1 aromatic rings. The van der Waals surface area contributed by atoms with E-state index >= 15 is 0 Å². The minimum absolute atomic E-state index is 0. The first-order chi connectivity index (χ1) is 13.3. The molecule has 28 heavy (non-hydrogen) atoms. The normalized spacial score (nSPS) is 25.9. The second-order valence-corrected chi connectivity index (χ2v) is 8.48. The Bertz CT molecular complexity index is 654. The summed E-state index contributed by atoms with van der Waals surface area (Å²) in [5.41, 5.74) is 3.20. The molecule has 156 valence electrons. The molecule has 0 radical (unpaired) electrons. The highest BCUT2D eigenvalue weighted by Gasteiger charge is 2.42. The van der Waals surface area contributed by atoms with Crippen LogP contribution in [0.3, 0.4) is 0 Å². The summed E-state index contributed by atoms with van der Waals surface area (Å²) in [6.07, 6.45) is 6.48. The molecule has 3 aliphatic rings. The Balaban J connectivity index is 0.00000225. The maximum absolute atomic E-state index is 5.67. The molecule has 1 unspecified atom stereocenters. The van der Waals surface area contributed by atoms with Crippen molar-refractivity contribution in [1.29, 1.82) is 0 Å². The molecule has 3 aliphatic heterocycles. The summed E-state index contributed by atoms with van der Waals surface area (Å²) in [5, 5.41) is 3.63. The number of hydrogen-bond donors (Lipinski definition) is 1. The topological polar surface area (TPSA) is 40.1 Å². The van der Waals surface area contributed by atoms with Gasteiger partial charge in [-0.2, -0.15) is 0 Å². The monoisotopic (exact) mass is 498 g/mol. The van der Waals surface area contributed by atoms with E-state index in [4.69, 9.17) is 4.74 Å². The van der Waals surface area contributed by atoms with E-state index in [0.717, 1.165) is 45.4 Å². The second kappa shape index (κ2) is 10.3. The van der Waals surface area contributed by atoms with Crippen molar-refractivity contribution in [1.82, 2.24) is 15.1 Å². The Labute approximate surface area is 186 Å². The zero-order valence-corrected chi connectivity index (χ0v) is 19.5. The van der Waals surface area contributed by atoms with Gasteiger partial charge in [0.25, 0.3) is 0 Å². The number of nitrogens with one attached hydrogen (secondary N) is 1. The van der Waals surface area contributed by atoms with E-state index in [2.05, 4.69) is 44.4 Å². The van der Waals surface area contributed by atoms with E-state index in [0.29, 0.717) is 5.41 Å². The van der Waals surface area contributed by atoms with Crippen LogP contribution in [0.25, 0.3) is 0 Å². The summed E-state index contributed by atoms with van der Waals surface area (Å²) in [7, 11) is 1.90. The maximum atomic E-state index is 5.67. The van der Waals surface area contributed by atoms with E-state index < -0.39 is 0 Å². The molecule has 0 saturated carbocycles. The fraction of sp³-hybridized carbons (Fsp3) is 0.682. The third-order valence-electron chi connectivity index (χ3n) is 6.53. The maximum Gasteiger partial charge on any atom is 0.193 e. The first kappa shape index (κ1) is 21.8. The van der Waals surface area contributed by atoms with E-state index in [1.54, 1.807) is 0 Å². The number of ether oxygens (including phenoxy) is 1. The van der Waals surface area contributed by atoms with Crippen molar-refractivity contribution in [2.75, 3.05) is 46.4 Å². The molecule has 0 aliphatic carbocycles. The summed E-state index contributed by atoms with van der Waals surface area (Å²) in [5.74, 6) is 1.03.